The second-order valence-electron chi connectivity index (χ2n) is 1.74. The first-order chi connectivity index (χ1) is 5.24. The molecule has 11 heavy (non-hydrogen) atoms. The van der Waals surface area contributed by atoms with Crippen LogP contribution >= 0.6 is 34.7 Å². The summed E-state index contributed by atoms with van der Waals surface area (Å²) in [6.45, 7) is 2.03. The molecule has 3 nitrogen and oxygen atoms in total. The lowest BCUT2D eigenvalue weighted by atomic mass is 11.0. The summed E-state index contributed by atoms with van der Waals surface area (Å²) in [6.07, 6.45) is 0. The molecule has 0 fully saturated rings. The van der Waals surface area contributed by atoms with E-state index in [1.165, 1.54) is 4.68 Å². The first kappa shape index (κ1) is 9.09. The van der Waals surface area contributed by atoms with Crippen molar-refractivity contribution in [2.45, 2.75) is 12.8 Å². The van der Waals surface area contributed by atoms with Crippen molar-refractivity contribution in [1.29, 1.82) is 0 Å². The van der Waals surface area contributed by atoms with E-state index in [1.807, 2.05) is 6.92 Å². The van der Waals surface area contributed by atoms with Gasteiger partial charge in [0, 0.05) is 0 Å². The number of hydrogen-bond donors (Lipinski definition) is 0. The van der Waals surface area contributed by atoms with E-state index in [9.17, 15) is 4.79 Å². The summed E-state index contributed by atoms with van der Waals surface area (Å²) >= 11 is 8.13. The lowest BCUT2D eigenvalue weighted by molar-refractivity contribution is 0.727. The van der Waals surface area contributed by atoms with Crippen LogP contribution in [0.2, 0.25) is 4.47 Å². The average molecular weight is 211 g/mol. The molecule has 0 saturated carbocycles. The third kappa shape index (κ3) is 2.50. The molecule has 6 heteroatoms. The van der Waals surface area contributed by atoms with E-state index in [2.05, 4.69) is 5.10 Å². The Balaban J connectivity index is 2.70. The zero-order chi connectivity index (χ0) is 8.27. The zero-order valence-electron chi connectivity index (χ0n) is 5.91. The van der Waals surface area contributed by atoms with Gasteiger partial charge in [-0.05, 0) is 28.7 Å². The van der Waals surface area contributed by atoms with Crippen LogP contribution in [0.25, 0.3) is 0 Å². The van der Waals surface area contributed by atoms with Gasteiger partial charge in [-0.25, -0.2) is 4.68 Å². The standard InChI is InChI=1S/C5H7ClN2OS2/c1-2-10-3-8-5(9)11-4(6)7-8/h2-3H2,1H3. The van der Waals surface area contributed by atoms with Gasteiger partial charge in [0.1, 0.15) is 0 Å². The van der Waals surface area contributed by atoms with Crippen LogP contribution in [0.5, 0.6) is 0 Å². The van der Waals surface area contributed by atoms with E-state index in [0.29, 0.717) is 10.3 Å². The van der Waals surface area contributed by atoms with Crippen LogP contribution in [0.3, 0.4) is 0 Å². The summed E-state index contributed by atoms with van der Waals surface area (Å²) in [4.78, 5) is 10.9. The van der Waals surface area contributed by atoms with E-state index in [1.54, 1.807) is 11.8 Å². The molecule has 0 spiro atoms. The Labute approximate surface area is 77.4 Å². The summed E-state index contributed by atoms with van der Waals surface area (Å²) in [7, 11) is 0. The molecule has 1 aromatic heterocycles. The number of hydrogen-bond acceptors (Lipinski definition) is 4. The largest absolute Gasteiger partial charge is 0.326 e. The highest BCUT2D eigenvalue weighted by Gasteiger charge is 2.01. The normalized spacial score (nSPS) is 10.4. The molecule has 0 unspecified atom stereocenters. The van der Waals surface area contributed by atoms with Crippen molar-refractivity contribution >= 4 is 34.7 Å². The lowest BCUT2D eigenvalue weighted by Crippen LogP contribution is -2.12. The molecular weight excluding hydrogens is 204 g/mol. The van der Waals surface area contributed by atoms with Gasteiger partial charge in [0.2, 0.25) is 4.47 Å². The average Bonchev–Trinajstić information content (AvgIpc) is 2.26. The summed E-state index contributed by atoms with van der Waals surface area (Å²) in [5.74, 6) is 1.57. The van der Waals surface area contributed by atoms with Crippen molar-refractivity contribution in [1.82, 2.24) is 9.78 Å². The molecule has 0 saturated heterocycles. The van der Waals surface area contributed by atoms with Gasteiger partial charge in [-0.1, -0.05) is 6.92 Å². The molecule has 0 aliphatic rings. The van der Waals surface area contributed by atoms with Crippen LogP contribution in [-0.4, -0.2) is 15.5 Å². The minimum Gasteiger partial charge on any atom is -0.255 e. The fourth-order valence-electron chi connectivity index (χ4n) is 0.540. The first-order valence-electron chi connectivity index (χ1n) is 3.05. The molecule has 0 radical (unpaired) electrons. The van der Waals surface area contributed by atoms with E-state index >= 15 is 0 Å². The van der Waals surface area contributed by atoms with E-state index < -0.39 is 0 Å². The third-order valence-electron chi connectivity index (χ3n) is 0.999. The molecule has 1 rings (SSSR count). The van der Waals surface area contributed by atoms with E-state index in [0.717, 1.165) is 17.1 Å². The van der Waals surface area contributed by atoms with Gasteiger partial charge in [0.05, 0.1) is 5.88 Å². The molecule has 1 heterocycles. The maximum Gasteiger partial charge on any atom is 0.326 e. The maximum atomic E-state index is 11.0. The Kier molecular flexibility index (Phi) is 3.42. The molecule has 0 aliphatic carbocycles. The highest BCUT2D eigenvalue weighted by molar-refractivity contribution is 7.98. The first-order valence-corrected chi connectivity index (χ1v) is 5.40. The number of halogens is 1. The van der Waals surface area contributed by atoms with E-state index in [-0.39, 0.29) is 4.87 Å². The van der Waals surface area contributed by atoms with Crippen LogP contribution in [0.4, 0.5) is 0 Å². The molecular formula is C5H7ClN2OS2. The van der Waals surface area contributed by atoms with Crippen LogP contribution in [-0.2, 0) is 5.88 Å². The quantitative estimate of drug-likeness (QED) is 0.762. The molecule has 0 bridgehead atoms. The van der Waals surface area contributed by atoms with Gasteiger partial charge >= 0.3 is 4.87 Å². The highest BCUT2D eigenvalue weighted by Crippen LogP contribution is 2.08. The summed E-state index contributed by atoms with van der Waals surface area (Å²) in [6, 6.07) is 0. The Morgan fingerprint density at radius 3 is 3.00 bits per heavy atom. The minimum atomic E-state index is -0.0871. The Bertz CT molecular complexity index is 282. The molecule has 0 aliphatic heterocycles. The van der Waals surface area contributed by atoms with Crippen molar-refractivity contribution in [2.75, 3.05) is 5.75 Å². The second-order valence-corrected chi connectivity index (χ2v) is 4.51. The maximum absolute atomic E-state index is 11.0. The monoisotopic (exact) mass is 210 g/mol. The molecule has 62 valence electrons. The summed E-state index contributed by atoms with van der Waals surface area (Å²) in [5, 5.41) is 3.82. The number of rotatable bonds is 3. The van der Waals surface area contributed by atoms with Gasteiger partial charge in [-0.3, -0.25) is 4.79 Å². The fraction of sp³-hybridized carbons (Fsp3) is 0.600. The Hall–Kier alpha value is -0.0000000000000000555. The van der Waals surface area contributed by atoms with Gasteiger partial charge < -0.3 is 0 Å². The molecule has 0 amide bonds. The van der Waals surface area contributed by atoms with Crippen molar-refractivity contribution in [2.24, 2.45) is 0 Å². The summed E-state index contributed by atoms with van der Waals surface area (Å²) < 4.78 is 1.69. The molecule has 0 aromatic carbocycles. The Morgan fingerprint density at radius 2 is 2.55 bits per heavy atom. The van der Waals surface area contributed by atoms with E-state index in [4.69, 9.17) is 11.6 Å². The number of thioether (sulfide) groups is 1. The van der Waals surface area contributed by atoms with Crippen LogP contribution < -0.4 is 4.87 Å². The minimum absolute atomic E-state index is 0.0871. The van der Waals surface area contributed by atoms with Crippen molar-refractivity contribution in [3.05, 3.63) is 14.1 Å². The zero-order valence-corrected chi connectivity index (χ0v) is 8.30. The molecule has 1 aromatic rings. The number of nitrogens with zero attached hydrogens (tertiary/aromatic N) is 2. The van der Waals surface area contributed by atoms with Crippen LogP contribution in [0.15, 0.2) is 4.79 Å². The van der Waals surface area contributed by atoms with Crippen molar-refractivity contribution in [3.63, 3.8) is 0 Å². The summed E-state index contributed by atoms with van der Waals surface area (Å²) in [5.41, 5.74) is 0. The van der Waals surface area contributed by atoms with Gasteiger partial charge in [-0.15, -0.1) is 16.9 Å². The van der Waals surface area contributed by atoms with Gasteiger partial charge in [0.15, 0.2) is 0 Å². The molecule has 0 N–H and O–H groups in total. The lowest BCUT2D eigenvalue weighted by Gasteiger charge is -1.94. The van der Waals surface area contributed by atoms with Crippen molar-refractivity contribution in [3.8, 4) is 0 Å². The topological polar surface area (TPSA) is 34.9 Å². The highest BCUT2D eigenvalue weighted by atomic mass is 35.5. The fourth-order valence-corrected chi connectivity index (χ4v) is 1.94. The SMILES string of the molecule is CCSCn1nc(Cl)sc1=O. The van der Waals surface area contributed by atoms with Gasteiger partial charge in [0.25, 0.3) is 0 Å². The van der Waals surface area contributed by atoms with Crippen LogP contribution in [0, 0.1) is 0 Å². The molecule has 0 atom stereocenters. The predicted octanol–water partition coefficient (Wildman–Crippen LogP) is 1.67. The number of aromatic nitrogens is 2. The predicted molar refractivity (Wildman–Crippen MR) is 49.5 cm³/mol. The van der Waals surface area contributed by atoms with Crippen LogP contribution in [0.1, 0.15) is 6.92 Å². The third-order valence-corrected chi connectivity index (χ3v) is 2.78. The second kappa shape index (κ2) is 4.13. The smallest absolute Gasteiger partial charge is 0.255 e. The Morgan fingerprint density at radius 1 is 1.82 bits per heavy atom. The van der Waals surface area contributed by atoms with Gasteiger partial charge in [-0.2, -0.15) is 0 Å². The van der Waals surface area contributed by atoms with Crippen molar-refractivity contribution < 1.29 is 0 Å².